The number of hydrogen-bond donors (Lipinski definition) is 3. The van der Waals surface area contributed by atoms with E-state index in [-0.39, 0.29) is 30.5 Å². The van der Waals surface area contributed by atoms with Crippen molar-refractivity contribution < 1.29 is 5.11 Å². The molecule has 2 atom stereocenters. The summed E-state index contributed by atoms with van der Waals surface area (Å²) in [6, 6.07) is 0.494. The Labute approximate surface area is 187 Å². The molecule has 1 aromatic rings. The Kier molecular flexibility index (Phi) is 10.8. The van der Waals surface area contributed by atoms with Gasteiger partial charge in [0, 0.05) is 37.9 Å². The van der Waals surface area contributed by atoms with Crippen LogP contribution < -0.4 is 10.6 Å². The molecule has 3 N–H and O–H groups in total. The second kappa shape index (κ2) is 12.0. The molecule has 0 aliphatic heterocycles. The summed E-state index contributed by atoms with van der Waals surface area (Å²) in [7, 11) is 6.18. The fraction of sp³-hybridized carbons (Fsp3) is 0.800. The van der Waals surface area contributed by atoms with Gasteiger partial charge in [-0.2, -0.15) is 5.10 Å². The Balaban J connectivity index is 0.00000392. The maximum absolute atomic E-state index is 10.8. The van der Waals surface area contributed by atoms with E-state index >= 15 is 0 Å². The van der Waals surface area contributed by atoms with Crippen LogP contribution in [0.2, 0.25) is 0 Å². The molecule has 1 aromatic heterocycles. The van der Waals surface area contributed by atoms with Crippen molar-refractivity contribution in [2.75, 3.05) is 33.7 Å². The molecule has 1 aliphatic rings. The zero-order valence-electron chi connectivity index (χ0n) is 18.1. The number of rotatable bonds is 8. The van der Waals surface area contributed by atoms with Crippen LogP contribution in [0.1, 0.15) is 51.5 Å². The minimum absolute atomic E-state index is 0. The van der Waals surface area contributed by atoms with Gasteiger partial charge in [0.05, 0.1) is 12.7 Å². The summed E-state index contributed by atoms with van der Waals surface area (Å²) in [4.78, 5) is 6.97. The summed E-state index contributed by atoms with van der Waals surface area (Å²) in [5.41, 5.74) is -0.265. The predicted molar refractivity (Wildman–Crippen MR) is 126 cm³/mol. The maximum atomic E-state index is 10.8. The fourth-order valence-corrected chi connectivity index (χ4v) is 3.86. The van der Waals surface area contributed by atoms with Gasteiger partial charge in [0.1, 0.15) is 5.60 Å². The molecule has 8 heteroatoms. The van der Waals surface area contributed by atoms with Crippen LogP contribution in [0.3, 0.4) is 0 Å². The van der Waals surface area contributed by atoms with Crippen LogP contribution in [0.15, 0.2) is 17.4 Å². The van der Waals surface area contributed by atoms with Crippen LogP contribution in [0.4, 0.5) is 0 Å². The molecule has 28 heavy (non-hydrogen) atoms. The van der Waals surface area contributed by atoms with Crippen LogP contribution in [0.25, 0.3) is 0 Å². The van der Waals surface area contributed by atoms with Crippen molar-refractivity contribution in [3.8, 4) is 0 Å². The maximum Gasteiger partial charge on any atom is 0.191 e. The van der Waals surface area contributed by atoms with Gasteiger partial charge in [-0.3, -0.25) is 4.68 Å². The summed E-state index contributed by atoms with van der Waals surface area (Å²) in [6.45, 7) is 5.77. The topological polar surface area (TPSA) is 77.7 Å². The second-order valence-corrected chi connectivity index (χ2v) is 8.18. The van der Waals surface area contributed by atoms with E-state index in [1.807, 2.05) is 13.2 Å². The van der Waals surface area contributed by atoms with E-state index in [1.54, 1.807) is 17.8 Å². The molecule has 0 spiro atoms. The Morgan fingerprint density at radius 2 is 2.04 bits per heavy atom. The van der Waals surface area contributed by atoms with Crippen molar-refractivity contribution in [1.82, 2.24) is 25.3 Å². The first-order chi connectivity index (χ1) is 12.8. The van der Waals surface area contributed by atoms with E-state index in [0.29, 0.717) is 6.04 Å². The van der Waals surface area contributed by atoms with Gasteiger partial charge in [-0.1, -0.05) is 19.3 Å². The van der Waals surface area contributed by atoms with E-state index in [2.05, 4.69) is 46.6 Å². The molecule has 0 bridgehead atoms. The van der Waals surface area contributed by atoms with Gasteiger partial charge in [-0.15, -0.1) is 24.0 Å². The molecule has 2 unspecified atom stereocenters. The van der Waals surface area contributed by atoms with E-state index < -0.39 is 5.60 Å². The molecule has 2 rings (SSSR count). The Bertz CT molecular complexity index is 595. The van der Waals surface area contributed by atoms with Crippen molar-refractivity contribution in [3.05, 3.63) is 18.0 Å². The summed E-state index contributed by atoms with van der Waals surface area (Å²) in [6.07, 6.45) is 10.2. The van der Waals surface area contributed by atoms with Crippen LogP contribution >= 0.6 is 24.0 Å². The molecule has 162 valence electrons. The van der Waals surface area contributed by atoms with Crippen LogP contribution in [0.5, 0.6) is 0 Å². The monoisotopic (exact) mass is 506 g/mol. The lowest BCUT2D eigenvalue weighted by Crippen LogP contribution is -2.48. The first-order valence-corrected chi connectivity index (χ1v) is 10.2. The van der Waals surface area contributed by atoms with Gasteiger partial charge in [-0.25, -0.2) is 4.99 Å². The fourth-order valence-electron chi connectivity index (χ4n) is 3.86. The summed E-state index contributed by atoms with van der Waals surface area (Å²) in [5, 5.41) is 21.7. The number of hydrogen-bond acceptors (Lipinski definition) is 4. The van der Waals surface area contributed by atoms with E-state index in [0.717, 1.165) is 30.5 Å². The SMILES string of the molecule is CCNC(=NCC(C)(O)c1cnn(C)c1)NCC(C1CCCCC1)N(C)C.I. The average Bonchev–Trinajstić information content (AvgIpc) is 3.08. The quantitative estimate of drug-likeness (QED) is 0.287. The molecule has 0 radical (unpaired) electrons. The lowest BCUT2D eigenvalue weighted by Gasteiger charge is -2.35. The molecular weight excluding hydrogens is 467 g/mol. The molecular formula is C20H39IN6O. The molecule has 1 heterocycles. The Hall–Kier alpha value is -0.870. The van der Waals surface area contributed by atoms with Gasteiger partial charge in [0.2, 0.25) is 0 Å². The molecule has 1 saturated carbocycles. The average molecular weight is 506 g/mol. The molecule has 0 saturated heterocycles. The van der Waals surface area contributed by atoms with Crippen LogP contribution in [-0.4, -0.2) is 65.5 Å². The number of aromatic nitrogens is 2. The molecule has 0 aromatic carbocycles. The highest BCUT2D eigenvalue weighted by molar-refractivity contribution is 14.0. The van der Waals surface area contributed by atoms with Crippen molar-refractivity contribution in [2.45, 2.75) is 57.6 Å². The standard InChI is InChI=1S/C20H38N6O.HI/c1-6-21-19(23-15-20(2,27)17-12-24-26(5)14-17)22-13-18(25(3)4)16-10-8-7-9-11-16;/h12,14,16,18,27H,6-11,13,15H2,1-5H3,(H2,21,22,23);1H. The van der Waals surface area contributed by atoms with Crippen molar-refractivity contribution in [2.24, 2.45) is 18.0 Å². The summed E-state index contributed by atoms with van der Waals surface area (Å²) >= 11 is 0. The normalized spacial score (nSPS) is 19.0. The van der Waals surface area contributed by atoms with Gasteiger partial charge < -0.3 is 20.6 Å². The van der Waals surface area contributed by atoms with Gasteiger partial charge >= 0.3 is 0 Å². The minimum Gasteiger partial charge on any atom is -0.383 e. The van der Waals surface area contributed by atoms with E-state index in [9.17, 15) is 5.11 Å². The Morgan fingerprint density at radius 1 is 1.36 bits per heavy atom. The van der Waals surface area contributed by atoms with E-state index in [1.165, 1.54) is 32.1 Å². The van der Waals surface area contributed by atoms with Gasteiger partial charge in [0.15, 0.2) is 5.96 Å². The third kappa shape index (κ3) is 7.51. The second-order valence-electron chi connectivity index (χ2n) is 8.18. The zero-order valence-corrected chi connectivity index (χ0v) is 20.4. The van der Waals surface area contributed by atoms with Gasteiger partial charge in [0.25, 0.3) is 0 Å². The molecule has 0 amide bonds. The van der Waals surface area contributed by atoms with Crippen LogP contribution in [0, 0.1) is 5.92 Å². The predicted octanol–water partition coefficient (Wildman–Crippen LogP) is 2.31. The lowest BCUT2D eigenvalue weighted by atomic mass is 9.83. The highest BCUT2D eigenvalue weighted by atomic mass is 127. The third-order valence-electron chi connectivity index (χ3n) is 5.55. The first-order valence-electron chi connectivity index (χ1n) is 10.2. The smallest absolute Gasteiger partial charge is 0.191 e. The lowest BCUT2D eigenvalue weighted by molar-refractivity contribution is 0.0671. The van der Waals surface area contributed by atoms with Crippen molar-refractivity contribution in [1.29, 1.82) is 0 Å². The number of halogens is 1. The van der Waals surface area contributed by atoms with Gasteiger partial charge in [-0.05, 0) is 46.7 Å². The molecule has 1 aliphatic carbocycles. The number of likely N-dealkylation sites (N-methyl/N-ethyl adjacent to an activating group) is 1. The largest absolute Gasteiger partial charge is 0.383 e. The minimum atomic E-state index is -1.04. The first kappa shape index (κ1) is 25.2. The van der Waals surface area contributed by atoms with Crippen LogP contribution in [-0.2, 0) is 12.6 Å². The number of nitrogens with zero attached hydrogens (tertiary/aromatic N) is 4. The highest BCUT2D eigenvalue weighted by Crippen LogP contribution is 2.28. The van der Waals surface area contributed by atoms with E-state index in [4.69, 9.17) is 0 Å². The number of aryl methyl sites for hydroxylation is 1. The van der Waals surface area contributed by atoms with Crippen molar-refractivity contribution in [3.63, 3.8) is 0 Å². The van der Waals surface area contributed by atoms with Crippen molar-refractivity contribution >= 4 is 29.9 Å². The number of guanidine groups is 1. The summed E-state index contributed by atoms with van der Waals surface area (Å²) in [5.74, 6) is 1.49. The highest BCUT2D eigenvalue weighted by Gasteiger charge is 2.26. The number of aliphatic imine (C=N–C) groups is 1. The third-order valence-corrected chi connectivity index (χ3v) is 5.55. The molecule has 1 fully saturated rings. The number of aliphatic hydroxyl groups is 1. The zero-order chi connectivity index (χ0) is 19.9. The summed E-state index contributed by atoms with van der Waals surface area (Å²) < 4.78 is 1.70. The molecule has 7 nitrogen and oxygen atoms in total. The number of nitrogens with one attached hydrogen (secondary N) is 2. The Morgan fingerprint density at radius 3 is 2.57 bits per heavy atom.